The Morgan fingerprint density at radius 1 is 1.08 bits per heavy atom. The van der Waals surface area contributed by atoms with E-state index in [9.17, 15) is 0 Å². The number of aromatic nitrogens is 2. The quantitative estimate of drug-likeness (QED) is 0.694. The van der Waals surface area contributed by atoms with Crippen LogP contribution in [0.25, 0.3) is 16.6 Å². The molecule has 1 aliphatic heterocycles. The largest absolute Gasteiger partial charge is 0.354 e. The maximum Gasteiger partial charge on any atom is 0.196 e. The minimum atomic E-state index is 0.492. The minimum absolute atomic E-state index is 0.492. The van der Waals surface area contributed by atoms with Crippen LogP contribution in [0, 0.1) is 0 Å². The number of halogens is 3. The fraction of sp³-hybridized carbons (Fsp3) is 0.125. The molecule has 8 heteroatoms. The lowest BCUT2D eigenvalue weighted by atomic mass is 10.2. The van der Waals surface area contributed by atoms with Gasteiger partial charge in [0.1, 0.15) is 0 Å². The van der Waals surface area contributed by atoms with Gasteiger partial charge in [-0.25, -0.2) is 4.68 Å². The monoisotopic (exact) mass is 379 g/mol. The fourth-order valence-corrected chi connectivity index (χ4v) is 3.36. The van der Waals surface area contributed by atoms with Crippen LogP contribution < -0.4 is 10.6 Å². The van der Waals surface area contributed by atoms with Crippen molar-refractivity contribution in [2.45, 2.75) is 0 Å². The third-order valence-corrected chi connectivity index (χ3v) is 4.55. The Morgan fingerprint density at radius 2 is 1.88 bits per heavy atom. The van der Waals surface area contributed by atoms with Crippen molar-refractivity contribution in [2.75, 3.05) is 18.4 Å². The number of anilines is 1. The maximum atomic E-state index is 6.41. The van der Waals surface area contributed by atoms with E-state index in [1.807, 2.05) is 30.3 Å². The average molecular weight is 381 g/mol. The van der Waals surface area contributed by atoms with E-state index in [1.165, 1.54) is 0 Å². The lowest BCUT2D eigenvalue weighted by Crippen LogP contribution is -2.26. The lowest BCUT2D eigenvalue weighted by Gasteiger charge is -2.13. The van der Waals surface area contributed by atoms with E-state index in [0.29, 0.717) is 26.7 Å². The summed E-state index contributed by atoms with van der Waals surface area (Å²) >= 11 is 18.9. The van der Waals surface area contributed by atoms with Crippen LogP contribution in [0.15, 0.2) is 41.5 Å². The molecule has 0 saturated carbocycles. The van der Waals surface area contributed by atoms with Crippen LogP contribution in [0.2, 0.25) is 15.1 Å². The third-order valence-electron chi connectivity index (χ3n) is 3.72. The van der Waals surface area contributed by atoms with Crippen molar-refractivity contribution in [1.29, 1.82) is 0 Å². The van der Waals surface area contributed by atoms with Crippen LogP contribution in [0.1, 0.15) is 0 Å². The molecular formula is C16H12Cl3N5. The molecule has 24 heavy (non-hydrogen) atoms. The highest BCUT2D eigenvalue weighted by molar-refractivity contribution is 6.40. The van der Waals surface area contributed by atoms with E-state index in [4.69, 9.17) is 34.8 Å². The molecule has 2 aromatic carbocycles. The number of aliphatic imine (C=N–C) groups is 1. The first-order valence-corrected chi connectivity index (χ1v) is 8.43. The number of nitrogens with one attached hydrogen (secondary N) is 2. The molecule has 1 aromatic heterocycles. The summed E-state index contributed by atoms with van der Waals surface area (Å²) in [5.74, 6) is 0.672. The van der Waals surface area contributed by atoms with Crippen molar-refractivity contribution in [3.05, 3.63) is 51.6 Å². The minimum Gasteiger partial charge on any atom is -0.354 e. The second-order valence-electron chi connectivity index (χ2n) is 5.33. The van der Waals surface area contributed by atoms with Crippen LogP contribution in [0.5, 0.6) is 0 Å². The second-order valence-corrected chi connectivity index (χ2v) is 6.58. The van der Waals surface area contributed by atoms with E-state index in [1.54, 1.807) is 10.9 Å². The summed E-state index contributed by atoms with van der Waals surface area (Å²) in [6.45, 7) is 1.54. The van der Waals surface area contributed by atoms with Crippen LogP contribution in [0.4, 0.5) is 5.69 Å². The highest BCUT2D eigenvalue weighted by atomic mass is 35.5. The van der Waals surface area contributed by atoms with E-state index >= 15 is 0 Å². The molecule has 4 rings (SSSR count). The Kier molecular flexibility index (Phi) is 4.00. The van der Waals surface area contributed by atoms with Gasteiger partial charge < -0.3 is 10.6 Å². The lowest BCUT2D eigenvalue weighted by molar-refractivity contribution is 0.911. The molecule has 0 spiro atoms. The normalized spacial score (nSPS) is 13.9. The molecule has 0 unspecified atom stereocenters. The molecule has 0 radical (unpaired) electrons. The smallest absolute Gasteiger partial charge is 0.196 e. The molecule has 0 aliphatic carbocycles. The first kappa shape index (κ1) is 15.6. The number of hydrogen-bond donors (Lipinski definition) is 2. The zero-order valence-corrected chi connectivity index (χ0v) is 14.6. The number of hydrogen-bond acceptors (Lipinski definition) is 4. The molecule has 2 N–H and O–H groups in total. The Labute approximate surface area is 153 Å². The van der Waals surface area contributed by atoms with Crippen molar-refractivity contribution in [3.8, 4) is 5.69 Å². The zero-order chi connectivity index (χ0) is 16.7. The van der Waals surface area contributed by atoms with Gasteiger partial charge in [-0.3, -0.25) is 4.99 Å². The van der Waals surface area contributed by atoms with Gasteiger partial charge in [-0.2, -0.15) is 5.10 Å². The number of benzene rings is 2. The molecule has 0 fully saturated rings. The zero-order valence-electron chi connectivity index (χ0n) is 12.4. The van der Waals surface area contributed by atoms with Gasteiger partial charge in [0.25, 0.3) is 0 Å². The summed E-state index contributed by atoms with van der Waals surface area (Å²) in [6.07, 6.45) is 1.76. The van der Waals surface area contributed by atoms with Crippen molar-refractivity contribution in [1.82, 2.24) is 15.1 Å². The van der Waals surface area contributed by atoms with Gasteiger partial charge in [0.15, 0.2) is 5.96 Å². The van der Waals surface area contributed by atoms with Gasteiger partial charge in [0.05, 0.1) is 39.7 Å². The Balaban J connectivity index is 1.76. The predicted molar refractivity (Wildman–Crippen MR) is 100 cm³/mol. The number of guanidine groups is 1. The van der Waals surface area contributed by atoms with Gasteiger partial charge in [-0.1, -0.05) is 34.8 Å². The molecule has 3 aromatic rings. The van der Waals surface area contributed by atoms with E-state index < -0.39 is 0 Å². The molecule has 5 nitrogen and oxygen atoms in total. The Morgan fingerprint density at radius 3 is 2.58 bits per heavy atom. The van der Waals surface area contributed by atoms with Gasteiger partial charge in [-0.05, 0) is 30.3 Å². The van der Waals surface area contributed by atoms with E-state index in [0.717, 1.165) is 29.7 Å². The summed E-state index contributed by atoms with van der Waals surface area (Å²) in [4.78, 5) is 4.28. The second kappa shape index (κ2) is 6.16. The first-order valence-electron chi connectivity index (χ1n) is 7.30. The van der Waals surface area contributed by atoms with Gasteiger partial charge in [0, 0.05) is 17.0 Å². The highest BCUT2D eigenvalue weighted by Gasteiger charge is 2.14. The average Bonchev–Trinajstić information content (AvgIpc) is 3.19. The fourth-order valence-electron chi connectivity index (χ4n) is 2.61. The van der Waals surface area contributed by atoms with Crippen LogP contribution in [-0.4, -0.2) is 28.8 Å². The van der Waals surface area contributed by atoms with Crippen LogP contribution in [-0.2, 0) is 0 Å². The SMILES string of the molecule is Clc1ccc2c(cnn2-c2cc(Cl)c(NC3=NCCN3)c(Cl)c2)c1. The standard InChI is InChI=1S/C16H12Cl3N5/c17-10-1-2-14-9(5-10)8-22-24(14)11-6-12(18)15(13(19)7-11)23-16-20-3-4-21-16/h1-2,5-8H,3-4H2,(H2,20,21,23). The molecular weight excluding hydrogens is 369 g/mol. The highest BCUT2D eigenvalue weighted by Crippen LogP contribution is 2.34. The molecule has 0 bridgehead atoms. The third kappa shape index (κ3) is 2.79. The van der Waals surface area contributed by atoms with Crippen molar-refractivity contribution >= 4 is 57.4 Å². The molecule has 2 heterocycles. The summed E-state index contributed by atoms with van der Waals surface area (Å²) in [6, 6.07) is 9.23. The summed E-state index contributed by atoms with van der Waals surface area (Å²) in [7, 11) is 0. The number of fused-ring (bicyclic) bond motifs is 1. The van der Waals surface area contributed by atoms with Crippen molar-refractivity contribution in [2.24, 2.45) is 4.99 Å². The maximum absolute atomic E-state index is 6.41. The first-order chi connectivity index (χ1) is 11.6. The van der Waals surface area contributed by atoms with Crippen LogP contribution >= 0.6 is 34.8 Å². The Bertz CT molecular complexity index is 940. The summed E-state index contributed by atoms with van der Waals surface area (Å²) < 4.78 is 1.78. The van der Waals surface area contributed by atoms with Crippen molar-refractivity contribution in [3.63, 3.8) is 0 Å². The van der Waals surface area contributed by atoms with Crippen LogP contribution in [0.3, 0.4) is 0 Å². The molecule has 122 valence electrons. The topological polar surface area (TPSA) is 54.2 Å². The van der Waals surface area contributed by atoms with Gasteiger partial charge in [-0.15, -0.1) is 0 Å². The molecule has 0 saturated heterocycles. The summed E-state index contributed by atoms with van der Waals surface area (Å²) in [5.41, 5.74) is 2.32. The Hall–Kier alpha value is -1.95. The van der Waals surface area contributed by atoms with E-state index in [-0.39, 0.29) is 0 Å². The molecule has 1 aliphatic rings. The predicted octanol–water partition coefficient (Wildman–Crippen LogP) is 4.36. The van der Waals surface area contributed by atoms with Gasteiger partial charge in [0.2, 0.25) is 0 Å². The molecule has 0 atom stereocenters. The number of rotatable bonds is 2. The number of nitrogens with zero attached hydrogens (tertiary/aromatic N) is 3. The van der Waals surface area contributed by atoms with Gasteiger partial charge >= 0.3 is 0 Å². The van der Waals surface area contributed by atoms with Crippen molar-refractivity contribution < 1.29 is 0 Å². The summed E-state index contributed by atoms with van der Waals surface area (Å²) in [5, 5.41) is 13.3. The molecule has 0 amide bonds. The van der Waals surface area contributed by atoms with E-state index in [2.05, 4.69) is 20.7 Å².